The minimum absolute atomic E-state index is 0.0744. The van der Waals surface area contributed by atoms with E-state index >= 15 is 0 Å². The maximum atomic E-state index is 13.9. The van der Waals surface area contributed by atoms with Crippen LogP contribution in [0.5, 0.6) is 11.5 Å². The molecule has 4 heteroatoms. The van der Waals surface area contributed by atoms with Crippen molar-refractivity contribution in [3.63, 3.8) is 0 Å². The first-order chi connectivity index (χ1) is 13.7. The second-order valence-electron chi connectivity index (χ2n) is 7.12. The molecule has 28 heavy (non-hydrogen) atoms. The third kappa shape index (κ3) is 4.34. The van der Waals surface area contributed by atoms with Crippen molar-refractivity contribution in [3.8, 4) is 11.5 Å². The van der Waals surface area contributed by atoms with E-state index in [0.717, 1.165) is 54.2 Å². The summed E-state index contributed by atoms with van der Waals surface area (Å²) < 4.78 is 25.0. The third-order valence-electron chi connectivity index (χ3n) is 5.16. The maximum Gasteiger partial charge on any atom is 0.126 e. The summed E-state index contributed by atoms with van der Waals surface area (Å²) in [5.41, 5.74) is 4.28. The van der Waals surface area contributed by atoms with Crippen molar-refractivity contribution in [2.45, 2.75) is 26.1 Å². The summed E-state index contributed by atoms with van der Waals surface area (Å²) in [6.07, 6.45) is 0.768. The first-order valence-electron chi connectivity index (χ1n) is 9.54. The minimum Gasteiger partial charge on any atom is -0.497 e. The average Bonchev–Trinajstić information content (AvgIpc) is 2.73. The molecule has 0 N–H and O–H groups in total. The van der Waals surface area contributed by atoms with Crippen molar-refractivity contribution in [1.29, 1.82) is 0 Å². The second kappa shape index (κ2) is 8.44. The average molecular weight is 377 g/mol. The van der Waals surface area contributed by atoms with Crippen molar-refractivity contribution in [1.82, 2.24) is 4.90 Å². The van der Waals surface area contributed by atoms with Crippen LogP contribution >= 0.6 is 0 Å². The van der Waals surface area contributed by atoms with Gasteiger partial charge >= 0.3 is 0 Å². The van der Waals surface area contributed by atoms with E-state index in [-0.39, 0.29) is 5.82 Å². The van der Waals surface area contributed by atoms with Gasteiger partial charge in [-0.1, -0.05) is 36.4 Å². The Kier molecular flexibility index (Phi) is 5.58. The number of fused-ring (bicyclic) bond motifs is 1. The van der Waals surface area contributed by atoms with Crippen LogP contribution < -0.4 is 9.47 Å². The van der Waals surface area contributed by atoms with Crippen LogP contribution in [-0.2, 0) is 26.1 Å². The van der Waals surface area contributed by atoms with Crippen molar-refractivity contribution in [2.24, 2.45) is 0 Å². The number of nitrogens with zero attached hydrogens (tertiary/aromatic N) is 1. The van der Waals surface area contributed by atoms with E-state index in [1.807, 2.05) is 42.5 Å². The van der Waals surface area contributed by atoms with E-state index in [9.17, 15) is 4.39 Å². The Hall–Kier alpha value is -2.85. The molecule has 0 amide bonds. The largest absolute Gasteiger partial charge is 0.497 e. The zero-order chi connectivity index (χ0) is 19.3. The fourth-order valence-corrected chi connectivity index (χ4v) is 3.63. The van der Waals surface area contributed by atoms with E-state index in [1.54, 1.807) is 19.2 Å². The highest BCUT2D eigenvalue weighted by atomic mass is 19.1. The highest BCUT2D eigenvalue weighted by molar-refractivity contribution is 5.32. The third-order valence-corrected chi connectivity index (χ3v) is 5.16. The van der Waals surface area contributed by atoms with Gasteiger partial charge in [0.1, 0.15) is 23.9 Å². The lowest BCUT2D eigenvalue weighted by atomic mass is 9.99. The summed E-state index contributed by atoms with van der Waals surface area (Å²) in [6.45, 7) is 3.03. The summed E-state index contributed by atoms with van der Waals surface area (Å²) >= 11 is 0. The number of hydrogen-bond acceptors (Lipinski definition) is 3. The lowest BCUT2D eigenvalue weighted by molar-refractivity contribution is 0.243. The lowest BCUT2D eigenvalue weighted by Crippen LogP contribution is -2.30. The normalized spacial score (nSPS) is 13.8. The van der Waals surface area contributed by atoms with Gasteiger partial charge in [0.15, 0.2) is 0 Å². The van der Waals surface area contributed by atoms with Gasteiger partial charge in [0.2, 0.25) is 0 Å². The van der Waals surface area contributed by atoms with Crippen molar-refractivity contribution in [3.05, 3.63) is 94.8 Å². The van der Waals surface area contributed by atoms with Crippen LogP contribution in [0.1, 0.15) is 22.3 Å². The molecule has 144 valence electrons. The number of halogens is 1. The molecule has 0 fully saturated rings. The van der Waals surface area contributed by atoms with Gasteiger partial charge in [-0.3, -0.25) is 4.90 Å². The molecule has 3 aromatic rings. The first kappa shape index (κ1) is 18.5. The maximum absolute atomic E-state index is 13.9. The van der Waals surface area contributed by atoms with Crippen LogP contribution in [0.15, 0.2) is 66.7 Å². The van der Waals surface area contributed by atoms with Gasteiger partial charge in [-0.2, -0.15) is 0 Å². The topological polar surface area (TPSA) is 21.7 Å². The molecule has 0 saturated carbocycles. The van der Waals surface area contributed by atoms with Gasteiger partial charge in [-0.25, -0.2) is 4.39 Å². The number of rotatable bonds is 6. The molecule has 1 heterocycles. The number of methoxy groups -OCH3 is 1. The standard InChI is InChI=1S/C24H24FNO2/c1-27-22-6-2-4-19(14-22)17-28-21-10-8-18(9-11-21)15-26-13-12-23-20(16-26)5-3-7-24(23)25/h2-11,14H,12-13,15-17H2,1H3. The van der Waals surface area contributed by atoms with Crippen molar-refractivity contribution >= 4 is 0 Å². The molecule has 1 aliphatic heterocycles. The SMILES string of the molecule is COc1cccc(COc2ccc(CN3CCc4c(F)cccc4C3)cc2)c1. The fourth-order valence-electron chi connectivity index (χ4n) is 3.63. The van der Waals surface area contributed by atoms with Gasteiger partial charge in [-0.05, 0) is 59.0 Å². The molecule has 0 spiro atoms. The molecule has 0 aliphatic carbocycles. The van der Waals surface area contributed by atoms with Gasteiger partial charge in [-0.15, -0.1) is 0 Å². The Morgan fingerprint density at radius 1 is 0.929 bits per heavy atom. The molecule has 0 atom stereocenters. The number of ether oxygens (including phenoxy) is 2. The Labute approximate surface area is 165 Å². The van der Waals surface area contributed by atoms with Gasteiger partial charge in [0.25, 0.3) is 0 Å². The number of benzene rings is 3. The monoisotopic (exact) mass is 377 g/mol. The van der Waals surface area contributed by atoms with Crippen LogP contribution in [-0.4, -0.2) is 18.6 Å². The predicted molar refractivity (Wildman–Crippen MR) is 108 cm³/mol. The van der Waals surface area contributed by atoms with Crippen LogP contribution in [0.4, 0.5) is 4.39 Å². The highest BCUT2D eigenvalue weighted by Gasteiger charge is 2.18. The zero-order valence-corrected chi connectivity index (χ0v) is 16.0. The molecule has 0 unspecified atom stereocenters. The van der Waals surface area contributed by atoms with Crippen molar-refractivity contribution in [2.75, 3.05) is 13.7 Å². The lowest BCUT2D eigenvalue weighted by Gasteiger charge is -2.29. The molecule has 0 radical (unpaired) electrons. The minimum atomic E-state index is -0.0744. The molecule has 0 aromatic heterocycles. The Balaban J connectivity index is 1.33. The van der Waals surface area contributed by atoms with Crippen LogP contribution in [0.25, 0.3) is 0 Å². The summed E-state index contributed by atoms with van der Waals surface area (Å²) in [5, 5.41) is 0. The van der Waals surface area contributed by atoms with Gasteiger partial charge < -0.3 is 9.47 Å². The van der Waals surface area contributed by atoms with E-state index in [1.165, 1.54) is 5.56 Å². The van der Waals surface area contributed by atoms with E-state index < -0.39 is 0 Å². The highest BCUT2D eigenvalue weighted by Crippen LogP contribution is 2.23. The van der Waals surface area contributed by atoms with E-state index in [4.69, 9.17) is 9.47 Å². The van der Waals surface area contributed by atoms with Gasteiger partial charge in [0.05, 0.1) is 7.11 Å². The second-order valence-corrected chi connectivity index (χ2v) is 7.12. The fraction of sp³-hybridized carbons (Fsp3) is 0.250. The molecule has 4 rings (SSSR count). The van der Waals surface area contributed by atoms with Crippen LogP contribution in [0.3, 0.4) is 0 Å². The smallest absolute Gasteiger partial charge is 0.126 e. The summed E-state index contributed by atoms with van der Waals surface area (Å²) in [4.78, 5) is 2.36. The number of hydrogen-bond donors (Lipinski definition) is 0. The molecular formula is C24H24FNO2. The van der Waals surface area contributed by atoms with E-state index in [0.29, 0.717) is 6.61 Å². The predicted octanol–water partition coefficient (Wildman–Crippen LogP) is 4.97. The molecule has 3 nitrogen and oxygen atoms in total. The quantitative estimate of drug-likeness (QED) is 0.605. The molecule has 3 aromatic carbocycles. The molecule has 1 aliphatic rings. The summed E-state index contributed by atoms with van der Waals surface area (Å²) in [7, 11) is 1.66. The Morgan fingerprint density at radius 2 is 1.75 bits per heavy atom. The van der Waals surface area contributed by atoms with Crippen LogP contribution in [0, 0.1) is 5.82 Å². The first-order valence-corrected chi connectivity index (χ1v) is 9.54. The van der Waals surface area contributed by atoms with Crippen molar-refractivity contribution < 1.29 is 13.9 Å². The summed E-state index contributed by atoms with van der Waals surface area (Å²) in [5.74, 6) is 1.60. The summed E-state index contributed by atoms with van der Waals surface area (Å²) in [6, 6.07) is 21.5. The molecular weight excluding hydrogens is 353 g/mol. The molecule has 0 bridgehead atoms. The Bertz CT molecular complexity index is 940. The van der Waals surface area contributed by atoms with Crippen LogP contribution in [0.2, 0.25) is 0 Å². The molecule has 0 saturated heterocycles. The zero-order valence-electron chi connectivity index (χ0n) is 16.0. The Morgan fingerprint density at radius 3 is 2.57 bits per heavy atom. The van der Waals surface area contributed by atoms with Gasteiger partial charge in [0, 0.05) is 19.6 Å². The van der Waals surface area contributed by atoms with E-state index in [2.05, 4.69) is 17.0 Å².